The average molecular weight is 523 g/mol. The van der Waals surface area contributed by atoms with E-state index in [0.29, 0.717) is 11.5 Å². The van der Waals surface area contributed by atoms with Gasteiger partial charge in [-0.15, -0.1) is 0 Å². The molecule has 2 rings (SSSR count). The van der Waals surface area contributed by atoms with Gasteiger partial charge in [0.25, 0.3) is 0 Å². The summed E-state index contributed by atoms with van der Waals surface area (Å²) in [5.74, 6) is 1.34. The van der Waals surface area contributed by atoms with Crippen LogP contribution in [0.2, 0.25) is 0 Å². The lowest BCUT2D eigenvalue weighted by Gasteiger charge is -2.32. The molecule has 0 amide bonds. The minimum atomic E-state index is -2.70. The van der Waals surface area contributed by atoms with Crippen molar-refractivity contribution >= 4 is 17.2 Å². The average Bonchev–Trinajstić information content (AvgIpc) is 2.64. The predicted octanol–water partition coefficient (Wildman–Crippen LogP) is 8.79. The van der Waals surface area contributed by atoms with Gasteiger partial charge in [0.2, 0.25) is 0 Å². The van der Waals surface area contributed by atoms with E-state index in [2.05, 4.69) is 83.1 Å². The third-order valence-electron chi connectivity index (χ3n) is 5.73. The van der Waals surface area contributed by atoms with Crippen LogP contribution in [0.1, 0.15) is 105 Å². The summed E-state index contributed by atoms with van der Waals surface area (Å²) in [7, 11) is -4.88. The van der Waals surface area contributed by atoms with Crippen LogP contribution in [0.4, 0.5) is 0 Å². The number of rotatable bonds is 6. The molecule has 2 aromatic rings. The van der Waals surface area contributed by atoms with Gasteiger partial charge in [0, 0.05) is 22.3 Å². The van der Waals surface area contributed by atoms with Crippen LogP contribution in [-0.4, -0.2) is 9.79 Å². The highest BCUT2D eigenvalue weighted by Crippen LogP contribution is 2.55. The van der Waals surface area contributed by atoms with E-state index < -0.39 is 17.2 Å². The van der Waals surface area contributed by atoms with Crippen LogP contribution in [-0.2, 0) is 26.0 Å². The van der Waals surface area contributed by atoms with Gasteiger partial charge in [-0.05, 0) is 21.7 Å². The molecule has 0 saturated carbocycles. The maximum atomic E-state index is 9.85. The third-order valence-corrected chi connectivity index (χ3v) is 7.51. The second kappa shape index (κ2) is 10.6. The Morgan fingerprint density at radius 3 is 0.971 bits per heavy atom. The molecule has 0 atom stereocenters. The Hall–Kier alpha value is -1.22. The van der Waals surface area contributed by atoms with Crippen LogP contribution >= 0.6 is 17.2 Å². The fourth-order valence-electron chi connectivity index (χ4n) is 3.89. The van der Waals surface area contributed by atoms with Crippen molar-refractivity contribution in [3.05, 3.63) is 58.7 Å². The Kier molecular flexibility index (Phi) is 9.12. The summed E-state index contributed by atoms with van der Waals surface area (Å²) in [5.41, 5.74) is 3.19. The normalized spacial score (nSPS) is 13.5. The van der Waals surface area contributed by atoms with Crippen LogP contribution in [0.3, 0.4) is 0 Å². The molecule has 2 N–H and O–H groups in total. The molecule has 35 heavy (non-hydrogen) atoms. The molecule has 0 aliphatic heterocycles. The molecule has 0 aromatic heterocycles. The lowest BCUT2D eigenvalue weighted by molar-refractivity contribution is 0.324. The third kappa shape index (κ3) is 7.88. The molecule has 0 unspecified atom stereocenters. The van der Waals surface area contributed by atoms with Crippen LogP contribution in [0, 0.1) is 0 Å². The maximum Gasteiger partial charge on any atom is 0.470 e. The SMILES string of the molecule is CC(C)(C)c1cccc(C(C)(C)C)c1OP(Oc1c(C(C)(C)C)cccc1C(C)(C)C)OP(O)O. The lowest BCUT2D eigenvalue weighted by Crippen LogP contribution is -2.20. The molecule has 196 valence electrons. The van der Waals surface area contributed by atoms with E-state index in [4.69, 9.17) is 13.4 Å². The second-order valence-electron chi connectivity index (χ2n) is 13.1. The predicted molar refractivity (Wildman–Crippen MR) is 148 cm³/mol. The molecule has 5 nitrogen and oxygen atoms in total. The van der Waals surface area contributed by atoms with Gasteiger partial charge < -0.3 is 18.8 Å². The summed E-state index contributed by atoms with van der Waals surface area (Å²) < 4.78 is 18.5. The highest BCUT2D eigenvalue weighted by molar-refractivity contribution is 7.55. The van der Waals surface area contributed by atoms with E-state index in [0.717, 1.165) is 22.3 Å². The molecule has 0 bridgehead atoms. The summed E-state index contributed by atoms with van der Waals surface area (Å²) >= 11 is 0. The van der Waals surface area contributed by atoms with E-state index in [1.165, 1.54) is 0 Å². The zero-order chi connectivity index (χ0) is 27.0. The van der Waals surface area contributed by atoms with Crippen LogP contribution in [0.15, 0.2) is 36.4 Å². The minimum absolute atomic E-state index is 0.208. The van der Waals surface area contributed by atoms with Crippen molar-refractivity contribution in [1.29, 1.82) is 0 Å². The Morgan fingerprint density at radius 2 is 0.771 bits per heavy atom. The molecule has 0 aliphatic carbocycles. The smallest absolute Gasteiger partial charge is 0.417 e. The van der Waals surface area contributed by atoms with Crippen LogP contribution in [0.25, 0.3) is 0 Å². The zero-order valence-electron chi connectivity index (χ0n) is 23.5. The van der Waals surface area contributed by atoms with Gasteiger partial charge in [0.15, 0.2) is 0 Å². The number of hydrogen-bond donors (Lipinski definition) is 2. The van der Waals surface area contributed by atoms with Gasteiger partial charge in [0.1, 0.15) is 11.5 Å². The molecule has 0 spiro atoms. The van der Waals surface area contributed by atoms with Gasteiger partial charge in [-0.1, -0.05) is 119 Å². The number of benzene rings is 2. The highest BCUT2D eigenvalue weighted by atomic mass is 31.2. The Bertz CT molecular complexity index is 864. The molecule has 0 saturated heterocycles. The summed E-state index contributed by atoms with van der Waals surface area (Å²) in [6.45, 7) is 25.5. The first-order valence-electron chi connectivity index (χ1n) is 12.0. The topological polar surface area (TPSA) is 68.2 Å². The van der Waals surface area contributed by atoms with Gasteiger partial charge in [-0.3, -0.25) is 0 Å². The van der Waals surface area contributed by atoms with Crippen molar-refractivity contribution in [3.63, 3.8) is 0 Å². The molecular formula is C28H44O5P2. The summed E-state index contributed by atoms with van der Waals surface area (Å²) in [4.78, 5) is 19.7. The summed E-state index contributed by atoms with van der Waals surface area (Å²) in [6, 6.07) is 12.3. The largest absolute Gasteiger partial charge is 0.470 e. The number of hydrogen-bond acceptors (Lipinski definition) is 5. The standard InChI is InChI=1S/C28H44O5P2/c1-25(2,3)19-15-13-16-20(26(4,5)6)23(19)31-35(33-34(29)30)32-24-21(27(7,8)9)17-14-18-22(24)28(10,11)12/h13-18,29-30H,1-12H3. The maximum absolute atomic E-state index is 9.85. The van der Waals surface area contributed by atoms with Gasteiger partial charge in [-0.25, -0.2) is 4.31 Å². The summed E-state index contributed by atoms with van der Waals surface area (Å²) in [6.07, 6.45) is 0. The van der Waals surface area contributed by atoms with Crippen molar-refractivity contribution < 1.29 is 23.1 Å². The van der Waals surface area contributed by atoms with Crippen LogP contribution < -0.4 is 9.05 Å². The molecular weight excluding hydrogens is 478 g/mol. The van der Waals surface area contributed by atoms with Crippen LogP contribution in [0.5, 0.6) is 11.5 Å². The summed E-state index contributed by atoms with van der Waals surface area (Å²) in [5, 5.41) is 0. The van der Waals surface area contributed by atoms with E-state index in [-0.39, 0.29) is 21.7 Å². The van der Waals surface area contributed by atoms with Crippen molar-refractivity contribution in [1.82, 2.24) is 0 Å². The fourth-order valence-corrected chi connectivity index (χ4v) is 5.37. The molecule has 0 radical (unpaired) electrons. The quantitative estimate of drug-likeness (QED) is 0.371. The van der Waals surface area contributed by atoms with Crippen molar-refractivity contribution in [2.24, 2.45) is 0 Å². The van der Waals surface area contributed by atoms with Crippen molar-refractivity contribution in [3.8, 4) is 11.5 Å². The van der Waals surface area contributed by atoms with Gasteiger partial charge in [-0.2, -0.15) is 0 Å². The first-order valence-corrected chi connectivity index (χ1v) is 14.3. The zero-order valence-corrected chi connectivity index (χ0v) is 25.3. The molecule has 7 heteroatoms. The first kappa shape index (κ1) is 30.0. The Balaban J connectivity index is 2.71. The van der Waals surface area contributed by atoms with E-state index in [9.17, 15) is 9.79 Å². The molecule has 0 heterocycles. The molecule has 2 aromatic carbocycles. The van der Waals surface area contributed by atoms with E-state index >= 15 is 0 Å². The van der Waals surface area contributed by atoms with Crippen molar-refractivity contribution in [2.75, 3.05) is 0 Å². The van der Waals surface area contributed by atoms with Gasteiger partial charge >= 0.3 is 17.2 Å². The van der Waals surface area contributed by atoms with Crippen molar-refractivity contribution in [2.45, 2.75) is 105 Å². The first-order chi connectivity index (χ1) is 15.7. The molecule has 0 fully saturated rings. The van der Waals surface area contributed by atoms with E-state index in [1.807, 2.05) is 36.4 Å². The van der Waals surface area contributed by atoms with Gasteiger partial charge in [0.05, 0.1) is 0 Å². The van der Waals surface area contributed by atoms with E-state index in [1.54, 1.807) is 0 Å². The monoisotopic (exact) mass is 522 g/mol. The second-order valence-corrected chi connectivity index (χ2v) is 15.1. The fraction of sp³-hybridized carbons (Fsp3) is 0.571. The molecule has 0 aliphatic rings. The highest BCUT2D eigenvalue weighted by Gasteiger charge is 2.34. The Labute approximate surface area is 215 Å². The Morgan fingerprint density at radius 1 is 0.514 bits per heavy atom. The number of para-hydroxylation sites is 2. The minimum Gasteiger partial charge on any atom is -0.417 e. The lowest BCUT2D eigenvalue weighted by atomic mass is 9.79.